The van der Waals surface area contributed by atoms with Gasteiger partial charge in [0.15, 0.2) is 5.82 Å². The van der Waals surface area contributed by atoms with Crippen LogP contribution >= 0.6 is 11.3 Å². The Hall–Kier alpha value is -2.39. The quantitative estimate of drug-likeness (QED) is 0.685. The van der Waals surface area contributed by atoms with Crippen LogP contribution < -0.4 is 5.32 Å². The summed E-state index contributed by atoms with van der Waals surface area (Å²) < 4.78 is 13.7. The van der Waals surface area contributed by atoms with Crippen molar-refractivity contribution < 1.29 is 9.00 Å². The maximum absolute atomic E-state index is 12.2. The minimum atomic E-state index is -1.38. The van der Waals surface area contributed by atoms with Crippen molar-refractivity contribution in [1.29, 1.82) is 0 Å². The van der Waals surface area contributed by atoms with Crippen LogP contribution in [0.25, 0.3) is 5.69 Å². The lowest BCUT2D eigenvalue weighted by Gasteiger charge is -2.05. The number of hydrogen-bond acceptors (Lipinski definition) is 6. The molecule has 0 aliphatic carbocycles. The van der Waals surface area contributed by atoms with Gasteiger partial charge < -0.3 is 5.32 Å². The topological polar surface area (TPSA) is 89.8 Å². The van der Waals surface area contributed by atoms with E-state index in [1.54, 1.807) is 11.3 Å². The van der Waals surface area contributed by atoms with Crippen LogP contribution in [-0.4, -0.2) is 36.1 Å². The number of benzene rings is 1. The maximum Gasteiger partial charge on any atom is 0.232 e. The number of nitrogens with zero attached hydrogens (tertiary/aromatic N) is 4. The van der Waals surface area contributed by atoms with Gasteiger partial charge in [0, 0.05) is 15.7 Å². The summed E-state index contributed by atoms with van der Waals surface area (Å²) in [6, 6.07) is 13.2. The third kappa shape index (κ3) is 4.33. The van der Waals surface area contributed by atoms with Crippen LogP contribution in [0.4, 0.5) is 0 Å². The molecule has 0 saturated carbocycles. The van der Waals surface area contributed by atoms with Gasteiger partial charge in [-0.15, -0.1) is 16.4 Å². The summed E-state index contributed by atoms with van der Waals surface area (Å²) in [4.78, 5) is 12.9. The molecule has 1 aromatic carbocycles. The molecule has 1 N–H and O–H groups in total. The van der Waals surface area contributed by atoms with E-state index in [0.29, 0.717) is 12.4 Å². The first kappa shape index (κ1) is 16.5. The van der Waals surface area contributed by atoms with Crippen molar-refractivity contribution in [3.63, 3.8) is 0 Å². The minimum absolute atomic E-state index is 0.0764. The number of rotatable bonds is 7. The second kappa shape index (κ2) is 7.93. The van der Waals surface area contributed by atoms with E-state index in [2.05, 4.69) is 20.8 Å². The summed E-state index contributed by atoms with van der Waals surface area (Å²) in [6.45, 7) is 0.454. The average molecular weight is 361 g/mol. The zero-order valence-corrected chi connectivity index (χ0v) is 14.3. The Bertz CT molecular complexity index is 818. The van der Waals surface area contributed by atoms with Crippen LogP contribution in [0.5, 0.6) is 0 Å². The van der Waals surface area contributed by atoms with Gasteiger partial charge in [0.1, 0.15) is 5.75 Å². The Balaban J connectivity index is 1.56. The fraction of sp³-hybridized carbons (Fsp3) is 0.200. The van der Waals surface area contributed by atoms with Crippen molar-refractivity contribution in [2.75, 3.05) is 5.75 Å². The van der Waals surface area contributed by atoms with Crippen molar-refractivity contribution in [2.45, 2.75) is 12.3 Å². The number of hydrogen-bond donors (Lipinski definition) is 1. The van der Waals surface area contributed by atoms with Crippen LogP contribution in [-0.2, 0) is 27.9 Å². The molecule has 0 spiro atoms. The summed E-state index contributed by atoms with van der Waals surface area (Å²) in [6.07, 6.45) is 0. The van der Waals surface area contributed by atoms with E-state index in [1.165, 1.54) is 4.68 Å². The molecule has 1 amide bonds. The van der Waals surface area contributed by atoms with Crippen molar-refractivity contribution >= 4 is 28.0 Å². The van der Waals surface area contributed by atoms with Crippen molar-refractivity contribution in [3.8, 4) is 5.69 Å². The molecule has 0 bridgehead atoms. The third-order valence-electron chi connectivity index (χ3n) is 3.16. The Morgan fingerprint density at radius 3 is 2.79 bits per heavy atom. The normalized spacial score (nSPS) is 12.0. The van der Waals surface area contributed by atoms with E-state index in [9.17, 15) is 9.00 Å². The van der Waals surface area contributed by atoms with Crippen LogP contribution in [0.3, 0.4) is 0 Å². The number of nitrogens with one attached hydrogen (secondary N) is 1. The first-order valence-electron chi connectivity index (χ1n) is 7.19. The zero-order chi connectivity index (χ0) is 16.8. The number of tetrazole rings is 1. The number of thiophene rings is 1. The third-order valence-corrected chi connectivity index (χ3v) is 5.20. The van der Waals surface area contributed by atoms with Crippen LogP contribution in [0, 0.1) is 0 Å². The lowest BCUT2D eigenvalue weighted by Crippen LogP contribution is -2.28. The van der Waals surface area contributed by atoms with Crippen LogP contribution in [0.2, 0.25) is 0 Å². The predicted octanol–water partition coefficient (Wildman–Crippen LogP) is 1.29. The van der Waals surface area contributed by atoms with E-state index < -0.39 is 10.8 Å². The second-order valence-electron chi connectivity index (χ2n) is 4.93. The molecule has 0 radical (unpaired) electrons. The molecule has 0 aliphatic heterocycles. The number of carbonyl (C=O) groups excluding carboxylic acids is 1. The average Bonchev–Trinajstić information content (AvgIpc) is 3.25. The Morgan fingerprint density at radius 1 is 1.21 bits per heavy atom. The summed E-state index contributed by atoms with van der Waals surface area (Å²) in [5, 5.41) is 16.2. The molecule has 3 rings (SSSR count). The zero-order valence-electron chi connectivity index (χ0n) is 12.7. The lowest BCUT2D eigenvalue weighted by molar-refractivity contribution is -0.118. The fourth-order valence-corrected chi connectivity index (χ4v) is 3.67. The van der Waals surface area contributed by atoms with E-state index in [0.717, 1.165) is 10.6 Å². The van der Waals surface area contributed by atoms with Gasteiger partial charge >= 0.3 is 0 Å². The first-order chi connectivity index (χ1) is 11.7. The molecule has 2 aromatic heterocycles. The van der Waals surface area contributed by atoms with E-state index >= 15 is 0 Å². The first-order valence-corrected chi connectivity index (χ1v) is 9.56. The molecule has 0 saturated heterocycles. The highest BCUT2D eigenvalue weighted by atomic mass is 32.2. The van der Waals surface area contributed by atoms with E-state index in [4.69, 9.17) is 0 Å². The highest BCUT2D eigenvalue weighted by molar-refractivity contribution is 7.84. The highest BCUT2D eigenvalue weighted by Gasteiger charge is 2.14. The van der Waals surface area contributed by atoms with Gasteiger partial charge in [-0.3, -0.25) is 9.00 Å². The number of para-hydroxylation sites is 1. The number of carbonyl (C=O) groups is 1. The minimum Gasteiger partial charge on any atom is -0.350 e. The molecular weight excluding hydrogens is 346 g/mol. The van der Waals surface area contributed by atoms with Gasteiger partial charge in [-0.1, -0.05) is 24.3 Å². The molecule has 124 valence electrons. The lowest BCUT2D eigenvalue weighted by atomic mass is 10.3. The monoisotopic (exact) mass is 361 g/mol. The second-order valence-corrected chi connectivity index (χ2v) is 7.42. The van der Waals surface area contributed by atoms with Gasteiger partial charge in [-0.2, -0.15) is 4.68 Å². The fourth-order valence-electron chi connectivity index (χ4n) is 2.06. The van der Waals surface area contributed by atoms with Gasteiger partial charge in [0.2, 0.25) is 5.91 Å². The van der Waals surface area contributed by atoms with Gasteiger partial charge in [-0.25, -0.2) is 0 Å². The Morgan fingerprint density at radius 2 is 2.04 bits per heavy atom. The molecule has 0 fully saturated rings. The van der Waals surface area contributed by atoms with Crippen LogP contribution in [0.15, 0.2) is 47.8 Å². The molecule has 2 heterocycles. The molecule has 7 nitrogen and oxygen atoms in total. The summed E-state index contributed by atoms with van der Waals surface area (Å²) in [5.41, 5.74) is 0.789. The molecule has 3 aromatic rings. The largest absolute Gasteiger partial charge is 0.350 e. The molecule has 9 heteroatoms. The van der Waals surface area contributed by atoms with Crippen molar-refractivity contribution in [2.24, 2.45) is 0 Å². The van der Waals surface area contributed by atoms with E-state index in [-0.39, 0.29) is 17.4 Å². The van der Waals surface area contributed by atoms with E-state index in [1.807, 2.05) is 47.8 Å². The Labute approximate surface area is 145 Å². The van der Waals surface area contributed by atoms with Gasteiger partial charge in [-0.05, 0) is 34.0 Å². The van der Waals surface area contributed by atoms with Gasteiger partial charge in [0.25, 0.3) is 0 Å². The smallest absolute Gasteiger partial charge is 0.232 e. The maximum atomic E-state index is 12.2. The predicted molar refractivity (Wildman–Crippen MR) is 92.0 cm³/mol. The van der Waals surface area contributed by atoms with Crippen LogP contribution in [0.1, 0.15) is 10.7 Å². The van der Waals surface area contributed by atoms with Crippen molar-refractivity contribution in [3.05, 3.63) is 58.5 Å². The highest BCUT2D eigenvalue weighted by Crippen LogP contribution is 2.09. The summed E-state index contributed by atoms with van der Waals surface area (Å²) in [7, 11) is -1.38. The SMILES string of the molecule is O=C(C[S@@](=O)Cc1nnnn1-c1ccccc1)NCc1cccs1. The van der Waals surface area contributed by atoms with Crippen molar-refractivity contribution in [1.82, 2.24) is 25.5 Å². The summed E-state index contributed by atoms with van der Waals surface area (Å²) >= 11 is 1.57. The number of aromatic nitrogens is 4. The number of amides is 1. The Kier molecular flexibility index (Phi) is 5.44. The molecule has 0 unspecified atom stereocenters. The van der Waals surface area contributed by atoms with Gasteiger partial charge in [0.05, 0.1) is 18.0 Å². The molecular formula is C15H15N5O2S2. The summed E-state index contributed by atoms with van der Waals surface area (Å²) in [5.74, 6) is 0.257. The standard InChI is InChI=1S/C15H15N5O2S2/c21-15(16-9-13-7-4-8-23-13)11-24(22)10-14-17-18-19-20(14)12-5-2-1-3-6-12/h1-8H,9-11H2,(H,16,21)/t24-/m0/s1. The molecule has 1 atom stereocenters. The molecule has 0 aliphatic rings. The molecule has 24 heavy (non-hydrogen) atoms.